The molecule has 4 atom stereocenters. The van der Waals surface area contributed by atoms with Gasteiger partial charge in [-0.05, 0) is 37.6 Å². The van der Waals surface area contributed by atoms with Gasteiger partial charge < -0.3 is 14.2 Å². The van der Waals surface area contributed by atoms with Gasteiger partial charge in [-0.3, -0.25) is 14.6 Å². The first kappa shape index (κ1) is 19.4. The smallest absolute Gasteiger partial charge is 0.310 e. The molecule has 4 unspecified atom stereocenters. The third-order valence-electron chi connectivity index (χ3n) is 5.56. The molecular formula is C23H23NO5. The molecule has 1 heterocycles. The molecule has 29 heavy (non-hydrogen) atoms. The van der Waals surface area contributed by atoms with Crippen molar-refractivity contribution in [3.63, 3.8) is 0 Å². The van der Waals surface area contributed by atoms with Crippen molar-refractivity contribution in [2.24, 2.45) is 16.8 Å². The van der Waals surface area contributed by atoms with E-state index in [9.17, 15) is 9.59 Å². The predicted molar refractivity (Wildman–Crippen MR) is 107 cm³/mol. The molecule has 0 aromatic carbocycles. The predicted octanol–water partition coefficient (Wildman–Crippen LogP) is 2.67. The number of nitrogens with zero attached hydrogens (tertiary/aromatic N) is 1. The molecule has 1 aliphatic heterocycles. The number of carbonyl (C=O) groups is 2. The van der Waals surface area contributed by atoms with Crippen LogP contribution in [0.25, 0.3) is 0 Å². The Morgan fingerprint density at radius 1 is 1.38 bits per heavy atom. The first-order valence-corrected chi connectivity index (χ1v) is 9.86. The lowest BCUT2D eigenvalue weighted by atomic mass is 9.76. The number of hydrogen-bond acceptors (Lipinski definition) is 6. The lowest BCUT2D eigenvalue weighted by Gasteiger charge is -2.30. The lowest BCUT2D eigenvalue weighted by molar-refractivity contribution is -0.149. The van der Waals surface area contributed by atoms with Crippen LogP contribution in [0.1, 0.15) is 26.2 Å². The SMILES string of the molecule is CCOC(=O)C1CC#CC2=CC(OC3=CC=NC4CC(=O)C(OC)C=C34)=CCC21. The maximum absolute atomic E-state index is 12.3. The van der Waals surface area contributed by atoms with Crippen LogP contribution in [-0.4, -0.2) is 43.8 Å². The largest absolute Gasteiger partial charge is 0.466 e. The van der Waals surface area contributed by atoms with Crippen LogP contribution in [0.5, 0.6) is 0 Å². The van der Waals surface area contributed by atoms with Crippen molar-refractivity contribution < 1.29 is 23.8 Å². The van der Waals surface area contributed by atoms with E-state index in [1.807, 2.05) is 19.1 Å². The minimum Gasteiger partial charge on any atom is -0.466 e. The van der Waals surface area contributed by atoms with E-state index >= 15 is 0 Å². The standard InChI is InChI=1S/C23H23NO5/c1-3-28-23(26)17-6-4-5-14-11-15(7-8-16(14)17)29-21-9-10-24-19-13-20(25)22(27-2)12-18(19)21/h7,9-12,16-17,19,22H,3,6,8,13H2,1-2H3. The van der Waals surface area contributed by atoms with Gasteiger partial charge in [-0.15, -0.1) is 0 Å². The maximum atomic E-state index is 12.3. The number of rotatable bonds is 5. The Balaban J connectivity index is 1.52. The van der Waals surface area contributed by atoms with Gasteiger partial charge in [0.2, 0.25) is 0 Å². The number of dihydropyridines is 1. The molecule has 0 N–H and O–H groups in total. The molecule has 0 aromatic rings. The van der Waals surface area contributed by atoms with Gasteiger partial charge in [-0.25, -0.2) is 0 Å². The van der Waals surface area contributed by atoms with Crippen molar-refractivity contribution in [3.05, 3.63) is 47.0 Å². The van der Waals surface area contributed by atoms with Gasteiger partial charge in [-0.2, -0.15) is 0 Å². The number of esters is 1. The van der Waals surface area contributed by atoms with E-state index < -0.39 is 6.10 Å². The van der Waals surface area contributed by atoms with Gasteiger partial charge in [0.25, 0.3) is 0 Å². The normalized spacial score (nSPS) is 29.8. The Hall–Kier alpha value is -2.91. The van der Waals surface area contributed by atoms with E-state index in [0.717, 1.165) is 11.1 Å². The van der Waals surface area contributed by atoms with E-state index in [1.165, 1.54) is 7.11 Å². The fraction of sp³-hybridized carbons (Fsp3) is 0.435. The summed E-state index contributed by atoms with van der Waals surface area (Å²) in [7, 11) is 1.52. The van der Waals surface area contributed by atoms with Crippen LogP contribution >= 0.6 is 0 Å². The average Bonchev–Trinajstić information content (AvgIpc) is 2.73. The molecule has 0 radical (unpaired) electrons. The number of allylic oxidation sites excluding steroid dienone is 4. The highest BCUT2D eigenvalue weighted by Crippen LogP contribution is 2.37. The molecule has 0 aromatic heterocycles. The molecule has 0 bridgehead atoms. The van der Waals surface area contributed by atoms with E-state index in [2.05, 4.69) is 16.8 Å². The summed E-state index contributed by atoms with van der Waals surface area (Å²) in [5.41, 5.74) is 1.76. The molecule has 3 aliphatic carbocycles. The van der Waals surface area contributed by atoms with Gasteiger partial charge in [0, 0.05) is 43.2 Å². The molecule has 0 fully saturated rings. The maximum Gasteiger partial charge on any atom is 0.310 e. The monoisotopic (exact) mass is 393 g/mol. The second-order valence-corrected chi connectivity index (χ2v) is 7.31. The van der Waals surface area contributed by atoms with Crippen LogP contribution in [0.4, 0.5) is 0 Å². The topological polar surface area (TPSA) is 74.2 Å². The summed E-state index contributed by atoms with van der Waals surface area (Å²) < 4.78 is 16.6. The summed E-state index contributed by atoms with van der Waals surface area (Å²) in [6.07, 6.45) is 10.1. The van der Waals surface area contributed by atoms with Gasteiger partial charge in [0.1, 0.15) is 17.6 Å². The molecule has 0 saturated carbocycles. The summed E-state index contributed by atoms with van der Waals surface area (Å²) in [6, 6.07) is -0.235. The van der Waals surface area contributed by atoms with Crippen molar-refractivity contribution in [1.82, 2.24) is 0 Å². The highest BCUT2D eigenvalue weighted by molar-refractivity contribution is 5.89. The first-order valence-electron chi connectivity index (χ1n) is 9.86. The second kappa shape index (κ2) is 8.22. The highest BCUT2D eigenvalue weighted by Gasteiger charge is 2.36. The van der Waals surface area contributed by atoms with E-state index in [0.29, 0.717) is 37.4 Å². The van der Waals surface area contributed by atoms with Crippen molar-refractivity contribution in [3.8, 4) is 11.8 Å². The zero-order valence-electron chi connectivity index (χ0n) is 16.5. The summed E-state index contributed by atoms with van der Waals surface area (Å²) in [4.78, 5) is 28.7. The van der Waals surface area contributed by atoms with Gasteiger partial charge >= 0.3 is 5.97 Å². The number of carbonyl (C=O) groups excluding carboxylic acids is 2. The Morgan fingerprint density at radius 2 is 2.24 bits per heavy atom. The quantitative estimate of drug-likeness (QED) is 0.530. The van der Waals surface area contributed by atoms with Gasteiger partial charge in [0.15, 0.2) is 5.78 Å². The van der Waals surface area contributed by atoms with Crippen molar-refractivity contribution in [1.29, 1.82) is 0 Å². The Labute approximate surface area is 170 Å². The summed E-state index contributed by atoms with van der Waals surface area (Å²) in [6.45, 7) is 2.18. The molecule has 4 aliphatic rings. The van der Waals surface area contributed by atoms with E-state index in [-0.39, 0.29) is 29.6 Å². The molecule has 6 nitrogen and oxygen atoms in total. The van der Waals surface area contributed by atoms with Crippen molar-refractivity contribution >= 4 is 18.0 Å². The number of aliphatic imine (C=N–C) groups is 1. The minimum absolute atomic E-state index is 0.0176. The number of fused-ring (bicyclic) bond motifs is 2. The number of ketones is 1. The molecule has 0 spiro atoms. The molecule has 0 amide bonds. The van der Waals surface area contributed by atoms with Crippen LogP contribution in [0.2, 0.25) is 0 Å². The molecule has 6 heteroatoms. The Bertz CT molecular complexity index is 940. The fourth-order valence-corrected chi connectivity index (χ4v) is 4.07. The molecule has 4 rings (SSSR count). The van der Waals surface area contributed by atoms with Crippen LogP contribution in [-0.2, 0) is 23.8 Å². The van der Waals surface area contributed by atoms with Crippen LogP contribution in [0, 0.1) is 23.7 Å². The molecule has 150 valence electrons. The van der Waals surface area contributed by atoms with Crippen LogP contribution in [0.15, 0.2) is 52.0 Å². The van der Waals surface area contributed by atoms with E-state index in [4.69, 9.17) is 14.2 Å². The average molecular weight is 393 g/mol. The minimum atomic E-state index is -0.570. The third-order valence-corrected chi connectivity index (χ3v) is 5.56. The molecular weight excluding hydrogens is 370 g/mol. The van der Waals surface area contributed by atoms with Crippen LogP contribution < -0.4 is 0 Å². The molecule has 0 saturated heterocycles. The summed E-state index contributed by atoms with van der Waals surface area (Å²) in [5, 5.41) is 0. The van der Waals surface area contributed by atoms with Crippen molar-refractivity contribution in [2.45, 2.75) is 38.3 Å². The van der Waals surface area contributed by atoms with Gasteiger partial charge in [-0.1, -0.05) is 11.8 Å². The van der Waals surface area contributed by atoms with Crippen molar-refractivity contribution in [2.75, 3.05) is 13.7 Å². The number of methoxy groups -OCH3 is 1. The third kappa shape index (κ3) is 3.83. The Morgan fingerprint density at radius 3 is 3.03 bits per heavy atom. The van der Waals surface area contributed by atoms with Crippen LogP contribution in [0.3, 0.4) is 0 Å². The summed E-state index contributed by atoms with van der Waals surface area (Å²) >= 11 is 0. The number of Topliss-reactive ketones (excluding diaryl/α,β-unsaturated/α-hetero) is 1. The second-order valence-electron chi connectivity index (χ2n) is 7.31. The highest BCUT2D eigenvalue weighted by atomic mass is 16.5. The van der Waals surface area contributed by atoms with E-state index in [1.54, 1.807) is 18.4 Å². The number of hydrogen-bond donors (Lipinski definition) is 0. The zero-order chi connectivity index (χ0) is 20.4. The first-order chi connectivity index (χ1) is 14.1. The number of ether oxygens (including phenoxy) is 3. The summed E-state index contributed by atoms with van der Waals surface area (Å²) in [5.74, 6) is 7.17. The lowest BCUT2D eigenvalue weighted by Crippen LogP contribution is -2.33. The fourth-order valence-electron chi connectivity index (χ4n) is 4.07. The zero-order valence-corrected chi connectivity index (χ0v) is 16.5. The van der Waals surface area contributed by atoms with Gasteiger partial charge in [0.05, 0.1) is 18.6 Å². The Kier molecular flexibility index (Phi) is 5.50.